The van der Waals surface area contributed by atoms with Gasteiger partial charge in [0.15, 0.2) is 5.82 Å². The second-order valence-corrected chi connectivity index (χ2v) is 5.10. The van der Waals surface area contributed by atoms with Gasteiger partial charge >= 0.3 is 0 Å². The van der Waals surface area contributed by atoms with E-state index >= 15 is 0 Å². The molecule has 0 radical (unpaired) electrons. The number of thioether (sulfide) groups is 1. The number of hydrogen-bond donors (Lipinski definition) is 1. The molecule has 1 fully saturated rings. The third kappa shape index (κ3) is 3.50. The first kappa shape index (κ1) is 11.0. The van der Waals surface area contributed by atoms with Crippen LogP contribution < -0.4 is 5.32 Å². The van der Waals surface area contributed by atoms with E-state index < -0.39 is 0 Å². The van der Waals surface area contributed by atoms with Gasteiger partial charge in [0, 0.05) is 31.8 Å². The molecule has 0 amide bonds. The normalized spacial score (nSPS) is 21.8. The lowest BCUT2D eigenvalue weighted by Gasteiger charge is -2.22. The molecule has 84 valence electrons. The van der Waals surface area contributed by atoms with Gasteiger partial charge in [0.2, 0.25) is 0 Å². The average Bonchev–Trinajstić information content (AvgIpc) is 2.66. The molecule has 1 N–H and O–H groups in total. The fourth-order valence-electron chi connectivity index (χ4n) is 1.79. The molecule has 0 bridgehead atoms. The van der Waals surface area contributed by atoms with Crippen molar-refractivity contribution in [1.29, 1.82) is 0 Å². The first-order valence-electron chi connectivity index (χ1n) is 5.50. The lowest BCUT2D eigenvalue weighted by atomic mass is 10.2. The molecule has 1 unspecified atom stereocenters. The first-order chi connectivity index (χ1) is 7.34. The van der Waals surface area contributed by atoms with Crippen LogP contribution in [-0.2, 0) is 13.5 Å². The van der Waals surface area contributed by atoms with Gasteiger partial charge in [-0.25, -0.2) is 4.98 Å². The van der Waals surface area contributed by atoms with Crippen molar-refractivity contribution in [1.82, 2.24) is 20.1 Å². The summed E-state index contributed by atoms with van der Waals surface area (Å²) < 4.78 is 1.76. The topological polar surface area (TPSA) is 42.7 Å². The van der Waals surface area contributed by atoms with E-state index in [2.05, 4.69) is 27.2 Å². The molecule has 0 aliphatic carbocycles. The van der Waals surface area contributed by atoms with Gasteiger partial charge in [-0.2, -0.15) is 16.9 Å². The zero-order valence-electron chi connectivity index (χ0n) is 9.15. The Hall–Kier alpha value is -0.550. The molecule has 1 aromatic heterocycles. The first-order valence-corrected chi connectivity index (χ1v) is 6.66. The molecule has 1 atom stereocenters. The third-order valence-corrected chi connectivity index (χ3v) is 3.80. The Balaban J connectivity index is 1.65. The van der Waals surface area contributed by atoms with E-state index in [0.29, 0.717) is 6.04 Å². The number of hydrogen-bond acceptors (Lipinski definition) is 4. The SMILES string of the molecule is Cn1cnc(CCNC2CCCSC2)n1. The van der Waals surface area contributed by atoms with E-state index in [1.807, 2.05) is 7.05 Å². The van der Waals surface area contributed by atoms with Gasteiger partial charge in [-0.1, -0.05) is 0 Å². The van der Waals surface area contributed by atoms with Crippen LogP contribution in [-0.4, -0.2) is 38.9 Å². The molecular formula is C10H18N4S. The summed E-state index contributed by atoms with van der Waals surface area (Å²) in [5.41, 5.74) is 0. The summed E-state index contributed by atoms with van der Waals surface area (Å²) in [6.45, 7) is 0.995. The summed E-state index contributed by atoms with van der Waals surface area (Å²) in [5, 5.41) is 7.82. The average molecular weight is 226 g/mol. The Labute approximate surface area is 94.8 Å². The van der Waals surface area contributed by atoms with Crippen LogP contribution in [0.5, 0.6) is 0 Å². The summed E-state index contributed by atoms with van der Waals surface area (Å²) in [4.78, 5) is 4.21. The van der Waals surface area contributed by atoms with Crippen molar-refractivity contribution in [2.24, 2.45) is 7.05 Å². The van der Waals surface area contributed by atoms with Gasteiger partial charge < -0.3 is 5.32 Å². The van der Waals surface area contributed by atoms with Crippen LogP contribution in [0.25, 0.3) is 0 Å². The van der Waals surface area contributed by atoms with Crippen LogP contribution in [0.4, 0.5) is 0 Å². The predicted molar refractivity (Wildman–Crippen MR) is 63.1 cm³/mol. The highest BCUT2D eigenvalue weighted by Crippen LogP contribution is 2.16. The van der Waals surface area contributed by atoms with Crippen molar-refractivity contribution in [2.75, 3.05) is 18.1 Å². The molecule has 0 spiro atoms. The van der Waals surface area contributed by atoms with Crippen LogP contribution >= 0.6 is 11.8 Å². The molecule has 0 saturated carbocycles. The number of rotatable bonds is 4. The molecule has 1 aliphatic heterocycles. The summed E-state index contributed by atoms with van der Waals surface area (Å²) in [5.74, 6) is 3.53. The predicted octanol–water partition coefficient (Wildman–Crippen LogP) is 0.843. The van der Waals surface area contributed by atoms with Crippen LogP contribution in [0, 0.1) is 0 Å². The number of aromatic nitrogens is 3. The highest BCUT2D eigenvalue weighted by Gasteiger charge is 2.12. The molecule has 2 rings (SSSR count). The van der Waals surface area contributed by atoms with Gasteiger partial charge in [-0.05, 0) is 18.6 Å². The van der Waals surface area contributed by atoms with Crippen LogP contribution in [0.15, 0.2) is 6.33 Å². The number of nitrogens with one attached hydrogen (secondary N) is 1. The summed E-state index contributed by atoms with van der Waals surface area (Å²) in [7, 11) is 1.90. The Kier molecular flexibility index (Phi) is 4.02. The van der Waals surface area contributed by atoms with Crippen LogP contribution in [0.1, 0.15) is 18.7 Å². The van der Waals surface area contributed by atoms with Gasteiger partial charge in [-0.3, -0.25) is 4.68 Å². The highest BCUT2D eigenvalue weighted by atomic mass is 32.2. The quantitative estimate of drug-likeness (QED) is 0.826. The number of nitrogens with zero attached hydrogens (tertiary/aromatic N) is 3. The summed E-state index contributed by atoms with van der Waals surface area (Å²) >= 11 is 2.06. The fourth-order valence-corrected chi connectivity index (χ4v) is 2.89. The molecular weight excluding hydrogens is 208 g/mol. The van der Waals surface area contributed by atoms with E-state index in [1.165, 1.54) is 24.3 Å². The van der Waals surface area contributed by atoms with Gasteiger partial charge in [0.25, 0.3) is 0 Å². The van der Waals surface area contributed by atoms with Crippen molar-refractivity contribution in [2.45, 2.75) is 25.3 Å². The van der Waals surface area contributed by atoms with Gasteiger partial charge in [0.05, 0.1) is 0 Å². The second kappa shape index (κ2) is 5.51. The minimum absolute atomic E-state index is 0.701. The molecule has 2 heterocycles. The third-order valence-electron chi connectivity index (χ3n) is 2.59. The fraction of sp³-hybridized carbons (Fsp3) is 0.800. The Morgan fingerprint density at radius 2 is 2.60 bits per heavy atom. The lowest BCUT2D eigenvalue weighted by Crippen LogP contribution is -2.35. The maximum atomic E-state index is 4.25. The smallest absolute Gasteiger partial charge is 0.151 e. The molecule has 15 heavy (non-hydrogen) atoms. The maximum absolute atomic E-state index is 4.25. The van der Waals surface area contributed by atoms with Crippen molar-refractivity contribution >= 4 is 11.8 Å². The molecule has 1 aliphatic rings. The van der Waals surface area contributed by atoms with E-state index in [-0.39, 0.29) is 0 Å². The minimum atomic E-state index is 0.701. The van der Waals surface area contributed by atoms with Gasteiger partial charge in [0.1, 0.15) is 6.33 Å². The standard InChI is InChI=1S/C10H18N4S/c1-14-8-12-10(13-14)4-5-11-9-3-2-6-15-7-9/h8-9,11H,2-7H2,1H3. The van der Waals surface area contributed by atoms with Crippen molar-refractivity contribution in [3.63, 3.8) is 0 Å². The van der Waals surface area contributed by atoms with Crippen molar-refractivity contribution < 1.29 is 0 Å². The monoisotopic (exact) mass is 226 g/mol. The molecule has 4 nitrogen and oxygen atoms in total. The van der Waals surface area contributed by atoms with E-state index in [4.69, 9.17) is 0 Å². The molecule has 0 aromatic carbocycles. The largest absolute Gasteiger partial charge is 0.313 e. The molecule has 5 heteroatoms. The number of aryl methyl sites for hydroxylation is 1. The van der Waals surface area contributed by atoms with E-state index in [1.54, 1.807) is 11.0 Å². The van der Waals surface area contributed by atoms with Crippen molar-refractivity contribution in [3.05, 3.63) is 12.2 Å². The molecule has 1 saturated heterocycles. The van der Waals surface area contributed by atoms with Crippen molar-refractivity contribution in [3.8, 4) is 0 Å². The Morgan fingerprint density at radius 1 is 1.67 bits per heavy atom. The van der Waals surface area contributed by atoms with E-state index in [9.17, 15) is 0 Å². The maximum Gasteiger partial charge on any atom is 0.151 e. The van der Waals surface area contributed by atoms with Crippen LogP contribution in [0.3, 0.4) is 0 Å². The summed E-state index contributed by atoms with van der Waals surface area (Å²) in [6.07, 6.45) is 5.36. The lowest BCUT2D eigenvalue weighted by molar-refractivity contribution is 0.507. The second-order valence-electron chi connectivity index (χ2n) is 3.95. The Morgan fingerprint density at radius 3 is 3.27 bits per heavy atom. The Bertz CT molecular complexity index is 293. The minimum Gasteiger partial charge on any atom is -0.313 e. The summed E-state index contributed by atoms with van der Waals surface area (Å²) in [6, 6.07) is 0.701. The zero-order valence-corrected chi connectivity index (χ0v) is 9.96. The highest BCUT2D eigenvalue weighted by molar-refractivity contribution is 7.99. The van der Waals surface area contributed by atoms with E-state index in [0.717, 1.165) is 18.8 Å². The van der Waals surface area contributed by atoms with Gasteiger partial charge in [-0.15, -0.1) is 0 Å². The van der Waals surface area contributed by atoms with Crippen LogP contribution in [0.2, 0.25) is 0 Å². The molecule has 1 aromatic rings. The zero-order chi connectivity index (χ0) is 10.5.